The molecule has 126 valence electrons. The van der Waals surface area contributed by atoms with Gasteiger partial charge in [0.05, 0.1) is 10.5 Å². The molecule has 0 aliphatic heterocycles. The Hall–Kier alpha value is -2.00. The van der Waals surface area contributed by atoms with Gasteiger partial charge in [0.15, 0.2) is 0 Å². The molecule has 0 bridgehead atoms. The number of carboxylic acids is 1. The number of carbonyl (C=O) groups excluding carboxylic acids is 1. The summed E-state index contributed by atoms with van der Waals surface area (Å²) in [5, 5.41) is 8.94. The van der Waals surface area contributed by atoms with Crippen LogP contribution in [0.1, 0.15) is 35.2 Å². The van der Waals surface area contributed by atoms with Gasteiger partial charge in [-0.1, -0.05) is 0 Å². The van der Waals surface area contributed by atoms with Gasteiger partial charge in [0, 0.05) is 13.0 Å². The lowest BCUT2D eigenvalue weighted by Gasteiger charge is -2.15. The van der Waals surface area contributed by atoms with Crippen molar-refractivity contribution < 1.29 is 27.5 Å². The van der Waals surface area contributed by atoms with Gasteiger partial charge in [0.1, 0.15) is 5.82 Å². The van der Waals surface area contributed by atoms with E-state index in [2.05, 4.69) is 4.72 Å². The lowest BCUT2D eigenvalue weighted by molar-refractivity contribution is -0.119. The minimum atomic E-state index is -4.02. The predicted molar refractivity (Wildman–Crippen MR) is 78.8 cm³/mol. The van der Waals surface area contributed by atoms with E-state index in [1.807, 2.05) is 0 Å². The summed E-state index contributed by atoms with van der Waals surface area (Å²) in [4.78, 5) is 21.7. The van der Waals surface area contributed by atoms with E-state index in [4.69, 9.17) is 10.8 Å². The first-order valence-electron chi connectivity index (χ1n) is 6.88. The molecule has 1 fully saturated rings. The molecule has 9 heteroatoms. The molecule has 23 heavy (non-hydrogen) atoms. The van der Waals surface area contributed by atoms with E-state index >= 15 is 0 Å². The van der Waals surface area contributed by atoms with E-state index in [0.717, 1.165) is 12.1 Å². The van der Waals surface area contributed by atoms with E-state index < -0.39 is 38.7 Å². The Labute approximate surface area is 132 Å². The van der Waals surface area contributed by atoms with E-state index in [9.17, 15) is 22.4 Å². The molecule has 0 atom stereocenters. The Balaban J connectivity index is 2.23. The van der Waals surface area contributed by atoms with Crippen molar-refractivity contribution in [2.24, 2.45) is 11.1 Å². The lowest BCUT2D eigenvalue weighted by Crippen LogP contribution is -2.32. The molecule has 1 amide bonds. The Morgan fingerprint density at radius 3 is 2.48 bits per heavy atom. The second-order valence-electron chi connectivity index (χ2n) is 5.87. The summed E-state index contributed by atoms with van der Waals surface area (Å²) in [6.07, 6.45) is 1.45. The van der Waals surface area contributed by atoms with Gasteiger partial charge in [-0.3, -0.25) is 4.79 Å². The molecule has 7 nitrogen and oxygen atoms in total. The van der Waals surface area contributed by atoms with E-state index in [1.54, 1.807) is 0 Å². The van der Waals surface area contributed by atoms with Crippen LogP contribution in [0.15, 0.2) is 17.0 Å². The molecule has 2 rings (SSSR count). The smallest absolute Gasteiger partial charge is 0.338 e. The van der Waals surface area contributed by atoms with Crippen LogP contribution in [0.25, 0.3) is 0 Å². The first-order chi connectivity index (χ1) is 10.6. The minimum Gasteiger partial charge on any atom is -0.478 e. The Kier molecular flexibility index (Phi) is 4.45. The van der Waals surface area contributed by atoms with E-state index in [1.165, 1.54) is 6.92 Å². The van der Waals surface area contributed by atoms with Gasteiger partial charge in [-0.05, 0) is 42.9 Å². The van der Waals surface area contributed by atoms with Gasteiger partial charge in [0.2, 0.25) is 15.9 Å². The minimum absolute atomic E-state index is 0.0249. The molecular weight excluding hydrogens is 327 g/mol. The van der Waals surface area contributed by atoms with Crippen molar-refractivity contribution in [3.05, 3.63) is 29.1 Å². The molecule has 0 saturated heterocycles. The highest BCUT2D eigenvalue weighted by Gasteiger charge is 2.44. The molecule has 0 spiro atoms. The van der Waals surface area contributed by atoms with Gasteiger partial charge in [-0.25, -0.2) is 22.3 Å². The average Bonchev–Trinajstić information content (AvgIpc) is 3.18. The van der Waals surface area contributed by atoms with Crippen molar-refractivity contribution in [1.82, 2.24) is 4.72 Å². The summed E-state index contributed by atoms with van der Waals surface area (Å²) in [5.41, 5.74) is 3.88. The largest absolute Gasteiger partial charge is 0.478 e. The maximum Gasteiger partial charge on any atom is 0.338 e. The number of nitrogens with one attached hydrogen (secondary N) is 1. The van der Waals surface area contributed by atoms with Crippen LogP contribution in [0.4, 0.5) is 4.39 Å². The zero-order valence-corrected chi connectivity index (χ0v) is 13.2. The number of aromatic carboxylic acids is 1. The first-order valence-corrected chi connectivity index (χ1v) is 8.36. The summed E-state index contributed by atoms with van der Waals surface area (Å²) in [7, 11) is -4.02. The molecule has 1 aliphatic carbocycles. The van der Waals surface area contributed by atoms with Crippen molar-refractivity contribution >= 4 is 21.9 Å². The monoisotopic (exact) mass is 344 g/mol. The van der Waals surface area contributed by atoms with Gasteiger partial charge in [-0.2, -0.15) is 0 Å². The lowest BCUT2D eigenvalue weighted by atomic mass is 10.0. The molecule has 1 saturated carbocycles. The van der Waals surface area contributed by atoms with Crippen LogP contribution in [0, 0.1) is 18.2 Å². The Morgan fingerprint density at radius 2 is 2.00 bits per heavy atom. The van der Waals surface area contributed by atoms with Gasteiger partial charge >= 0.3 is 5.97 Å². The number of aryl methyl sites for hydroxylation is 1. The highest BCUT2D eigenvalue weighted by atomic mass is 32.2. The normalized spacial score (nSPS) is 16.1. The van der Waals surface area contributed by atoms with Crippen molar-refractivity contribution in [1.29, 1.82) is 0 Å². The van der Waals surface area contributed by atoms with Crippen molar-refractivity contribution in [2.45, 2.75) is 31.1 Å². The highest BCUT2D eigenvalue weighted by Crippen LogP contribution is 2.48. The second kappa shape index (κ2) is 5.89. The highest BCUT2D eigenvalue weighted by molar-refractivity contribution is 7.89. The number of rotatable bonds is 7. The summed E-state index contributed by atoms with van der Waals surface area (Å²) < 4.78 is 40.6. The number of halogens is 1. The fourth-order valence-corrected chi connectivity index (χ4v) is 3.61. The number of nitrogens with two attached hydrogens (primary N) is 1. The van der Waals surface area contributed by atoms with Crippen molar-refractivity contribution in [3.8, 4) is 0 Å². The fraction of sp³-hybridized carbons (Fsp3) is 0.429. The second-order valence-corrected chi connectivity index (χ2v) is 7.64. The van der Waals surface area contributed by atoms with Crippen molar-refractivity contribution in [2.75, 3.05) is 6.54 Å². The molecule has 0 unspecified atom stereocenters. The number of carbonyl (C=O) groups is 2. The van der Waals surface area contributed by atoms with Crippen LogP contribution in [0.3, 0.4) is 0 Å². The SMILES string of the molecule is Cc1cc(S(=O)(=O)NCC2(CC(N)=O)CC2)cc(C(=O)O)c1F. The zero-order valence-electron chi connectivity index (χ0n) is 12.4. The number of benzene rings is 1. The molecule has 0 radical (unpaired) electrons. The van der Waals surface area contributed by atoms with Gasteiger partial charge in [0.25, 0.3) is 0 Å². The standard InChI is InChI=1S/C14H17FN2O5S/c1-8-4-9(5-10(12(8)15)13(19)20)23(21,22)17-7-14(2-3-14)6-11(16)18/h4-5,17H,2-3,6-7H2,1H3,(H2,16,18)(H,19,20). The number of primary amides is 1. The van der Waals surface area contributed by atoms with E-state index in [-0.39, 0.29) is 23.4 Å². The number of amides is 1. The van der Waals surface area contributed by atoms with Gasteiger partial charge in [-0.15, -0.1) is 0 Å². The van der Waals surface area contributed by atoms with Crippen LogP contribution in [-0.4, -0.2) is 31.9 Å². The van der Waals surface area contributed by atoms with Crippen LogP contribution in [-0.2, 0) is 14.8 Å². The summed E-state index contributed by atoms with van der Waals surface area (Å²) in [5.74, 6) is -3.02. The Bertz CT molecular complexity index is 772. The van der Waals surface area contributed by atoms with E-state index in [0.29, 0.717) is 12.8 Å². The average molecular weight is 344 g/mol. The molecular formula is C14H17FN2O5S. The third-order valence-corrected chi connectivity index (χ3v) is 5.29. The maximum atomic E-state index is 13.7. The zero-order chi connectivity index (χ0) is 17.4. The van der Waals surface area contributed by atoms with Crippen LogP contribution < -0.4 is 10.5 Å². The quantitative estimate of drug-likeness (QED) is 0.673. The first kappa shape index (κ1) is 17.4. The number of hydrogen-bond acceptors (Lipinski definition) is 4. The summed E-state index contributed by atoms with van der Waals surface area (Å²) >= 11 is 0. The number of carboxylic acid groups (broad SMARTS) is 1. The fourth-order valence-electron chi connectivity index (χ4n) is 2.34. The van der Waals surface area contributed by atoms with Crippen LogP contribution in [0.5, 0.6) is 0 Å². The molecule has 0 heterocycles. The van der Waals surface area contributed by atoms with Crippen LogP contribution in [0.2, 0.25) is 0 Å². The van der Waals surface area contributed by atoms with Crippen molar-refractivity contribution in [3.63, 3.8) is 0 Å². The molecule has 1 aromatic carbocycles. The molecule has 1 aromatic rings. The topological polar surface area (TPSA) is 127 Å². The Morgan fingerprint density at radius 1 is 1.39 bits per heavy atom. The van der Waals surface area contributed by atoms with Crippen LogP contribution >= 0.6 is 0 Å². The summed E-state index contributed by atoms with van der Waals surface area (Å²) in [6.45, 7) is 1.31. The molecule has 4 N–H and O–H groups in total. The predicted octanol–water partition coefficient (Wildman–Crippen LogP) is 0.766. The maximum absolute atomic E-state index is 13.7. The third kappa shape index (κ3) is 3.85. The number of sulfonamides is 1. The summed E-state index contributed by atoms with van der Waals surface area (Å²) in [6, 6.07) is 1.85. The molecule has 1 aliphatic rings. The third-order valence-electron chi connectivity index (χ3n) is 3.91. The van der Waals surface area contributed by atoms with Gasteiger partial charge < -0.3 is 10.8 Å². The molecule has 0 aromatic heterocycles. The number of hydrogen-bond donors (Lipinski definition) is 3.